The monoisotopic (exact) mass is 305 g/mol. The van der Waals surface area contributed by atoms with Gasteiger partial charge in [-0.15, -0.1) is 0 Å². The third-order valence-corrected chi connectivity index (χ3v) is 5.05. The summed E-state index contributed by atoms with van der Waals surface area (Å²) < 4.78 is 6.89. The van der Waals surface area contributed by atoms with Gasteiger partial charge in [0.15, 0.2) is 6.29 Å². The Morgan fingerprint density at radius 1 is 1.27 bits per heavy atom. The lowest BCUT2D eigenvalue weighted by Gasteiger charge is -2.23. The van der Waals surface area contributed by atoms with Crippen LogP contribution >= 0.6 is 0 Å². The van der Waals surface area contributed by atoms with E-state index in [0.717, 1.165) is 35.3 Å². The number of aldehydes is 1. The van der Waals surface area contributed by atoms with E-state index in [4.69, 9.17) is 4.74 Å². The Kier molecular flexibility index (Phi) is 5.81. The molecule has 1 fully saturated rings. The van der Waals surface area contributed by atoms with Gasteiger partial charge < -0.3 is 9.30 Å². The molecule has 0 aromatic carbocycles. The fourth-order valence-corrected chi connectivity index (χ4v) is 3.68. The van der Waals surface area contributed by atoms with Crippen LogP contribution < -0.4 is 0 Å². The summed E-state index contributed by atoms with van der Waals surface area (Å²) in [6.07, 6.45) is 8.43. The standard InChI is InChI=1S/C18H27NO3/c1-13-16(9-10-18(21)22-3)14(2)19(17(13)12-20)11-15-7-5-4-6-8-15/h12,15H,4-11H2,1-3H3. The Hall–Kier alpha value is -1.58. The van der Waals surface area contributed by atoms with E-state index in [1.807, 2.05) is 6.92 Å². The summed E-state index contributed by atoms with van der Waals surface area (Å²) in [6.45, 7) is 4.98. The molecule has 0 unspecified atom stereocenters. The highest BCUT2D eigenvalue weighted by molar-refractivity contribution is 5.77. The third kappa shape index (κ3) is 3.60. The number of nitrogens with zero attached hydrogens (tertiary/aromatic N) is 1. The third-order valence-electron chi connectivity index (χ3n) is 5.05. The molecule has 4 nitrogen and oxygen atoms in total. The number of hydrogen-bond acceptors (Lipinski definition) is 3. The van der Waals surface area contributed by atoms with Gasteiger partial charge in [-0.3, -0.25) is 9.59 Å². The summed E-state index contributed by atoms with van der Waals surface area (Å²) in [5, 5.41) is 0. The van der Waals surface area contributed by atoms with E-state index in [9.17, 15) is 9.59 Å². The van der Waals surface area contributed by atoms with E-state index in [-0.39, 0.29) is 5.97 Å². The van der Waals surface area contributed by atoms with Crippen molar-refractivity contribution in [2.24, 2.45) is 5.92 Å². The van der Waals surface area contributed by atoms with Crippen LogP contribution in [0, 0.1) is 19.8 Å². The maximum atomic E-state index is 11.5. The van der Waals surface area contributed by atoms with Crippen molar-refractivity contribution in [2.45, 2.75) is 65.3 Å². The van der Waals surface area contributed by atoms with E-state index in [1.165, 1.54) is 39.2 Å². The van der Waals surface area contributed by atoms with Crippen LogP contribution in [0.5, 0.6) is 0 Å². The molecule has 0 saturated heterocycles. The van der Waals surface area contributed by atoms with Gasteiger partial charge in [0.1, 0.15) is 0 Å². The molecule has 22 heavy (non-hydrogen) atoms. The first-order valence-corrected chi connectivity index (χ1v) is 8.29. The number of ether oxygens (including phenoxy) is 1. The van der Waals surface area contributed by atoms with E-state index < -0.39 is 0 Å². The largest absolute Gasteiger partial charge is 0.469 e. The van der Waals surface area contributed by atoms with Crippen molar-refractivity contribution >= 4 is 12.3 Å². The molecule has 1 aliphatic carbocycles. The zero-order chi connectivity index (χ0) is 16.1. The lowest BCUT2D eigenvalue weighted by molar-refractivity contribution is -0.140. The summed E-state index contributed by atoms with van der Waals surface area (Å²) in [5.41, 5.74) is 4.06. The SMILES string of the molecule is COC(=O)CCc1c(C)c(C=O)n(CC2CCCCC2)c1C. The summed E-state index contributed by atoms with van der Waals surface area (Å²) in [7, 11) is 1.41. The summed E-state index contributed by atoms with van der Waals surface area (Å²) in [5.74, 6) is 0.470. The zero-order valence-corrected chi connectivity index (χ0v) is 14.0. The summed E-state index contributed by atoms with van der Waals surface area (Å²) in [6, 6.07) is 0. The first-order chi connectivity index (χ1) is 10.6. The van der Waals surface area contributed by atoms with E-state index >= 15 is 0 Å². The van der Waals surface area contributed by atoms with Crippen molar-refractivity contribution < 1.29 is 14.3 Å². The number of aromatic nitrogens is 1. The van der Waals surface area contributed by atoms with Crippen molar-refractivity contribution in [2.75, 3.05) is 7.11 Å². The molecule has 0 N–H and O–H groups in total. The molecule has 0 bridgehead atoms. The molecule has 0 spiro atoms. The minimum absolute atomic E-state index is 0.202. The van der Waals surface area contributed by atoms with Gasteiger partial charge in [0, 0.05) is 18.7 Å². The van der Waals surface area contributed by atoms with Crippen LogP contribution in [0.3, 0.4) is 0 Å². The Balaban J connectivity index is 2.20. The van der Waals surface area contributed by atoms with Gasteiger partial charge in [-0.2, -0.15) is 0 Å². The van der Waals surface area contributed by atoms with E-state index in [0.29, 0.717) is 18.8 Å². The van der Waals surface area contributed by atoms with Crippen LogP contribution in [0.1, 0.15) is 65.8 Å². The number of rotatable bonds is 6. The average molecular weight is 305 g/mol. The van der Waals surface area contributed by atoms with E-state index in [2.05, 4.69) is 11.5 Å². The lowest BCUT2D eigenvalue weighted by atomic mass is 9.89. The maximum absolute atomic E-state index is 11.5. The number of methoxy groups -OCH3 is 1. The number of carbonyl (C=O) groups excluding carboxylic acids is 2. The molecule has 0 amide bonds. The molecule has 1 aliphatic rings. The van der Waals surface area contributed by atoms with E-state index in [1.54, 1.807) is 0 Å². The maximum Gasteiger partial charge on any atom is 0.305 e. The van der Waals surface area contributed by atoms with Gasteiger partial charge in [0.2, 0.25) is 0 Å². The van der Waals surface area contributed by atoms with Crippen LogP contribution in [0.2, 0.25) is 0 Å². The highest BCUT2D eigenvalue weighted by atomic mass is 16.5. The number of esters is 1. The van der Waals surface area contributed by atoms with Gasteiger partial charge in [-0.1, -0.05) is 19.3 Å². The molecule has 1 heterocycles. The Morgan fingerprint density at radius 2 is 1.95 bits per heavy atom. The predicted octanol–water partition coefficient (Wildman–Crippen LogP) is 3.60. The van der Waals surface area contributed by atoms with Crippen LogP contribution in [-0.2, 0) is 22.5 Å². The Bertz CT molecular complexity index is 539. The number of hydrogen-bond donors (Lipinski definition) is 0. The fraction of sp³-hybridized carbons (Fsp3) is 0.667. The van der Waals surface area contributed by atoms with Gasteiger partial charge in [0.25, 0.3) is 0 Å². The van der Waals surface area contributed by atoms with Crippen LogP contribution in [-0.4, -0.2) is 23.9 Å². The zero-order valence-electron chi connectivity index (χ0n) is 14.0. The van der Waals surface area contributed by atoms with Crippen molar-refractivity contribution in [1.29, 1.82) is 0 Å². The van der Waals surface area contributed by atoms with Gasteiger partial charge >= 0.3 is 5.97 Å². The second kappa shape index (κ2) is 7.61. The molecule has 0 aliphatic heterocycles. The molecule has 1 aromatic heterocycles. The fourth-order valence-electron chi connectivity index (χ4n) is 3.68. The van der Waals surface area contributed by atoms with Crippen molar-refractivity contribution in [1.82, 2.24) is 4.57 Å². The van der Waals surface area contributed by atoms with Crippen LogP contribution in [0.15, 0.2) is 0 Å². The van der Waals surface area contributed by atoms with Crippen LogP contribution in [0.4, 0.5) is 0 Å². The molecule has 2 rings (SSSR count). The van der Waals surface area contributed by atoms with Gasteiger partial charge in [0.05, 0.1) is 12.8 Å². The molecule has 4 heteroatoms. The smallest absolute Gasteiger partial charge is 0.305 e. The van der Waals surface area contributed by atoms with Crippen LogP contribution in [0.25, 0.3) is 0 Å². The molecular formula is C18H27NO3. The quantitative estimate of drug-likeness (QED) is 0.596. The summed E-state index contributed by atoms with van der Waals surface area (Å²) >= 11 is 0. The first-order valence-electron chi connectivity index (χ1n) is 8.29. The average Bonchev–Trinajstić information content (AvgIpc) is 2.76. The Labute approximate surface area is 132 Å². The molecule has 0 radical (unpaired) electrons. The highest BCUT2D eigenvalue weighted by Crippen LogP contribution is 2.29. The molecular weight excluding hydrogens is 278 g/mol. The van der Waals surface area contributed by atoms with Gasteiger partial charge in [-0.25, -0.2) is 0 Å². The van der Waals surface area contributed by atoms with Crippen molar-refractivity contribution in [3.63, 3.8) is 0 Å². The molecule has 0 atom stereocenters. The second-order valence-electron chi connectivity index (χ2n) is 6.38. The minimum atomic E-state index is -0.202. The predicted molar refractivity (Wildman–Crippen MR) is 86.2 cm³/mol. The summed E-state index contributed by atoms with van der Waals surface area (Å²) in [4.78, 5) is 22.9. The molecule has 122 valence electrons. The highest BCUT2D eigenvalue weighted by Gasteiger charge is 2.21. The van der Waals surface area contributed by atoms with Crippen molar-refractivity contribution in [3.8, 4) is 0 Å². The van der Waals surface area contributed by atoms with Gasteiger partial charge in [-0.05, 0) is 50.2 Å². The molecule has 1 aromatic rings. The topological polar surface area (TPSA) is 48.3 Å². The van der Waals surface area contributed by atoms with Crippen molar-refractivity contribution in [3.05, 3.63) is 22.5 Å². The second-order valence-corrected chi connectivity index (χ2v) is 6.38. The Morgan fingerprint density at radius 3 is 2.55 bits per heavy atom. The lowest BCUT2D eigenvalue weighted by Crippen LogP contribution is -2.17. The normalized spacial score (nSPS) is 15.8. The minimum Gasteiger partial charge on any atom is -0.469 e. The number of carbonyl (C=O) groups is 2. The molecule has 1 saturated carbocycles. The first kappa shape index (κ1) is 16.8.